The van der Waals surface area contributed by atoms with Crippen LogP contribution in [-0.2, 0) is 5.16 Å². The molecular weight excluding hydrogens is 307 g/mol. The molecule has 0 N–H and O–H groups in total. The van der Waals surface area contributed by atoms with Gasteiger partial charge in [0.15, 0.2) is 0 Å². The lowest BCUT2D eigenvalue weighted by atomic mass is 9.81. The highest BCUT2D eigenvalue weighted by Crippen LogP contribution is 2.47. The maximum Gasteiger partial charge on any atom is 0.0597 e. The quantitative estimate of drug-likeness (QED) is 0.320. The lowest BCUT2D eigenvalue weighted by Gasteiger charge is -2.32. The van der Waals surface area contributed by atoms with E-state index in [1.807, 2.05) is 0 Å². The summed E-state index contributed by atoms with van der Waals surface area (Å²) in [4.78, 5) is 0. The maximum atomic E-state index is 3.13. The van der Waals surface area contributed by atoms with Gasteiger partial charge in [0.25, 0.3) is 0 Å². The third-order valence-corrected chi connectivity index (χ3v) is 5.65. The second-order valence-electron chi connectivity index (χ2n) is 6.07. The predicted octanol–water partition coefficient (Wildman–Crippen LogP) is 6.01. The summed E-state index contributed by atoms with van der Waals surface area (Å²) in [5.74, 6) is 0. The van der Waals surface area contributed by atoms with Crippen molar-refractivity contribution in [2.75, 3.05) is 0 Å². The van der Waals surface area contributed by atoms with Crippen molar-refractivity contribution in [2.45, 2.75) is 5.16 Å². The Balaban J connectivity index is 2.07. The molecule has 0 amide bonds. The summed E-state index contributed by atoms with van der Waals surface area (Å²) < 4.78 is 0. The van der Waals surface area contributed by atoms with Crippen LogP contribution in [0.25, 0.3) is 10.8 Å². The lowest BCUT2D eigenvalue weighted by molar-refractivity contribution is 0.907. The summed E-state index contributed by atoms with van der Waals surface area (Å²) in [6.45, 7) is 0. The molecule has 0 saturated heterocycles. The minimum absolute atomic E-state index is 0.274. The molecule has 0 saturated carbocycles. The Labute approximate surface area is 145 Å². The van der Waals surface area contributed by atoms with E-state index in [4.69, 9.17) is 0 Å². The number of benzene rings is 4. The molecule has 4 aromatic carbocycles. The van der Waals surface area contributed by atoms with Gasteiger partial charge in [-0.1, -0.05) is 103 Å². The van der Waals surface area contributed by atoms with Gasteiger partial charge in [0, 0.05) is 0 Å². The Kier molecular flexibility index (Phi) is 3.92. The first-order valence-corrected chi connectivity index (χ1v) is 8.76. The normalized spacial score (nSPS) is 11.5. The summed E-state index contributed by atoms with van der Waals surface area (Å²) in [6, 6.07) is 36.6. The Hall–Kier alpha value is -2.43. The maximum absolute atomic E-state index is 3.13. The van der Waals surface area contributed by atoms with Gasteiger partial charge in [-0.25, -0.2) is 0 Å². The van der Waals surface area contributed by atoms with Crippen LogP contribution in [0.1, 0.15) is 16.7 Å². The first-order chi connectivity index (χ1) is 11.8. The fraction of sp³-hybridized carbons (Fsp3) is 0.0435. The third kappa shape index (κ3) is 2.44. The molecule has 1 unspecified atom stereocenters. The zero-order valence-electron chi connectivity index (χ0n) is 13.4. The van der Waals surface area contributed by atoms with Crippen molar-refractivity contribution in [1.29, 1.82) is 0 Å². The molecule has 0 radical (unpaired) electrons. The van der Waals surface area contributed by atoms with E-state index in [0.29, 0.717) is 0 Å². The molecule has 0 aliphatic carbocycles. The van der Waals surface area contributed by atoms with Gasteiger partial charge < -0.3 is 0 Å². The van der Waals surface area contributed by atoms with Crippen molar-refractivity contribution in [3.8, 4) is 0 Å². The van der Waals surface area contributed by atoms with Crippen molar-refractivity contribution in [3.05, 3.63) is 120 Å². The van der Waals surface area contributed by atoms with Crippen LogP contribution >= 0.6 is 9.24 Å². The fourth-order valence-electron chi connectivity index (χ4n) is 3.45. The summed E-state index contributed by atoms with van der Waals surface area (Å²) in [5, 5.41) is 2.29. The van der Waals surface area contributed by atoms with Crippen LogP contribution in [0.4, 0.5) is 0 Å². The van der Waals surface area contributed by atoms with Gasteiger partial charge in [-0.2, -0.15) is 0 Å². The monoisotopic (exact) mass is 326 g/mol. The van der Waals surface area contributed by atoms with Gasteiger partial charge >= 0.3 is 0 Å². The molecule has 4 aromatic rings. The standard InChI is InChI=1S/C23H19P/c24-23(19-12-3-1-4-13-19,20-14-5-2-6-15-20)22-17-9-11-18-10-7-8-16-21(18)22/h1-17H,24H2. The highest BCUT2D eigenvalue weighted by molar-refractivity contribution is 7.19. The highest BCUT2D eigenvalue weighted by Gasteiger charge is 2.32. The number of fused-ring (bicyclic) bond motifs is 1. The SMILES string of the molecule is PC(c1ccccc1)(c1ccccc1)c1cccc2ccccc12. The van der Waals surface area contributed by atoms with Crippen LogP contribution in [0.3, 0.4) is 0 Å². The highest BCUT2D eigenvalue weighted by atomic mass is 31.0. The molecular formula is C23H19P. The Morgan fingerprint density at radius 1 is 0.500 bits per heavy atom. The van der Waals surface area contributed by atoms with E-state index >= 15 is 0 Å². The van der Waals surface area contributed by atoms with Crippen molar-refractivity contribution in [3.63, 3.8) is 0 Å². The minimum atomic E-state index is -0.274. The van der Waals surface area contributed by atoms with Gasteiger partial charge in [0.1, 0.15) is 0 Å². The minimum Gasteiger partial charge on any atom is -0.117 e. The Bertz CT molecular complexity index is 914. The number of hydrogen-bond acceptors (Lipinski definition) is 0. The molecule has 0 nitrogen and oxygen atoms in total. The smallest absolute Gasteiger partial charge is 0.0597 e. The van der Waals surface area contributed by atoms with Gasteiger partial charge in [-0.15, -0.1) is 9.24 Å². The van der Waals surface area contributed by atoms with Crippen molar-refractivity contribution < 1.29 is 0 Å². The molecule has 1 heteroatoms. The first-order valence-electron chi connectivity index (χ1n) is 8.18. The van der Waals surface area contributed by atoms with E-state index in [1.54, 1.807) is 0 Å². The van der Waals surface area contributed by atoms with Crippen LogP contribution in [0.2, 0.25) is 0 Å². The largest absolute Gasteiger partial charge is 0.117 e. The molecule has 0 aromatic heterocycles. The van der Waals surface area contributed by atoms with Gasteiger partial charge in [-0.05, 0) is 27.5 Å². The van der Waals surface area contributed by atoms with Gasteiger partial charge in [0.05, 0.1) is 5.16 Å². The van der Waals surface area contributed by atoms with E-state index in [-0.39, 0.29) is 5.16 Å². The number of rotatable bonds is 3. The number of hydrogen-bond donors (Lipinski definition) is 0. The molecule has 0 heterocycles. The van der Waals surface area contributed by atoms with Crippen molar-refractivity contribution in [1.82, 2.24) is 0 Å². The van der Waals surface area contributed by atoms with E-state index in [2.05, 4.69) is 112 Å². The molecule has 116 valence electrons. The van der Waals surface area contributed by atoms with E-state index in [1.165, 1.54) is 27.5 Å². The van der Waals surface area contributed by atoms with Crippen LogP contribution in [0, 0.1) is 0 Å². The summed E-state index contributed by atoms with van der Waals surface area (Å²) >= 11 is 0. The molecule has 24 heavy (non-hydrogen) atoms. The summed E-state index contributed by atoms with van der Waals surface area (Å²) in [7, 11) is 3.13. The topological polar surface area (TPSA) is 0 Å². The van der Waals surface area contributed by atoms with Crippen molar-refractivity contribution >= 4 is 20.0 Å². The zero-order chi connectivity index (χ0) is 16.4. The van der Waals surface area contributed by atoms with Crippen molar-refractivity contribution in [2.24, 2.45) is 0 Å². The molecule has 0 spiro atoms. The molecule has 0 aliphatic heterocycles. The van der Waals surface area contributed by atoms with Crippen LogP contribution < -0.4 is 0 Å². The fourth-order valence-corrected chi connectivity index (χ4v) is 4.09. The molecule has 1 atom stereocenters. The molecule has 0 fully saturated rings. The predicted molar refractivity (Wildman–Crippen MR) is 106 cm³/mol. The third-order valence-electron chi connectivity index (χ3n) is 4.67. The summed E-state index contributed by atoms with van der Waals surface area (Å²) in [5.41, 5.74) is 3.86. The molecule has 0 aliphatic rings. The second-order valence-corrected chi connectivity index (χ2v) is 6.93. The molecule has 4 rings (SSSR count). The van der Waals surface area contributed by atoms with E-state index in [9.17, 15) is 0 Å². The average Bonchev–Trinajstić information content (AvgIpc) is 2.68. The second kappa shape index (κ2) is 6.23. The van der Waals surface area contributed by atoms with Gasteiger partial charge in [-0.3, -0.25) is 0 Å². The average molecular weight is 326 g/mol. The van der Waals surface area contributed by atoms with E-state index < -0.39 is 0 Å². The van der Waals surface area contributed by atoms with Crippen LogP contribution in [-0.4, -0.2) is 0 Å². The van der Waals surface area contributed by atoms with Crippen LogP contribution in [0.5, 0.6) is 0 Å². The lowest BCUT2D eigenvalue weighted by Crippen LogP contribution is -2.21. The van der Waals surface area contributed by atoms with Crippen LogP contribution in [0.15, 0.2) is 103 Å². The Morgan fingerprint density at radius 3 is 1.62 bits per heavy atom. The zero-order valence-corrected chi connectivity index (χ0v) is 14.5. The van der Waals surface area contributed by atoms with E-state index in [0.717, 1.165) is 0 Å². The summed E-state index contributed by atoms with van der Waals surface area (Å²) in [6.07, 6.45) is 0. The van der Waals surface area contributed by atoms with Gasteiger partial charge in [0.2, 0.25) is 0 Å². The molecule has 0 bridgehead atoms. The first kappa shape index (κ1) is 15.1. The Morgan fingerprint density at radius 2 is 1.00 bits per heavy atom.